The van der Waals surface area contributed by atoms with Crippen molar-refractivity contribution in [3.05, 3.63) is 50.9 Å². The van der Waals surface area contributed by atoms with Crippen LogP contribution in [0.4, 0.5) is 5.00 Å². The number of thiophene rings is 1. The number of nitrogens with one attached hydrogen (secondary N) is 2. The second kappa shape index (κ2) is 7.08. The van der Waals surface area contributed by atoms with Gasteiger partial charge in [0.25, 0.3) is 11.8 Å². The Bertz CT molecular complexity index is 785. The van der Waals surface area contributed by atoms with E-state index in [1.807, 2.05) is 13.8 Å². The number of aryl methyl sites for hydroxylation is 1. The van der Waals surface area contributed by atoms with Gasteiger partial charge in [0.15, 0.2) is 5.11 Å². The predicted molar refractivity (Wildman–Crippen MR) is 97.4 cm³/mol. The number of carbonyl (C=O) groups excluding carboxylic acids is 2. The molecule has 0 fully saturated rings. The Morgan fingerprint density at radius 1 is 1.22 bits per heavy atom. The number of hydrogen-bond donors (Lipinski definition) is 3. The normalized spacial score (nSPS) is 10.2. The quantitative estimate of drug-likeness (QED) is 0.727. The Morgan fingerprint density at radius 2 is 1.83 bits per heavy atom. The summed E-state index contributed by atoms with van der Waals surface area (Å²) >= 11 is 12.3. The molecule has 1 heterocycles. The second-order valence-corrected chi connectivity index (χ2v) is 6.84. The highest BCUT2D eigenvalue weighted by molar-refractivity contribution is 7.80. The van der Waals surface area contributed by atoms with Gasteiger partial charge >= 0.3 is 0 Å². The van der Waals surface area contributed by atoms with Crippen molar-refractivity contribution in [2.75, 3.05) is 5.32 Å². The van der Waals surface area contributed by atoms with Crippen LogP contribution in [0.25, 0.3) is 0 Å². The Morgan fingerprint density at radius 3 is 2.39 bits per heavy atom. The third-order valence-electron chi connectivity index (χ3n) is 3.19. The summed E-state index contributed by atoms with van der Waals surface area (Å²) in [5.41, 5.74) is 7.01. The van der Waals surface area contributed by atoms with Crippen LogP contribution in [0, 0.1) is 13.8 Å². The van der Waals surface area contributed by atoms with E-state index in [4.69, 9.17) is 29.6 Å². The van der Waals surface area contributed by atoms with Crippen LogP contribution in [0.3, 0.4) is 0 Å². The van der Waals surface area contributed by atoms with Gasteiger partial charge < -0.3 is 11.1 Å². The maximum absolute atomic E-state index is 12.1. The van der Waals surface area contributed by atoms with Gasteiger partial charge in [-0.05, 0) is 55.9 Å². The van der Waals surface area contributed by atoms with E-state index in [1.165, 1.54) is 11.3 Å². The monoisotopic (exact) mass is 367 g/mol. The maximum Gasteiger partial charge on any atom is 0.257 e. The summed E-state index contributed by atoms with van der Waals surface area (Å²) in [6.07, 6.45) is 0. The molecule has 120 valence electrons. The molecule has 1 aromatic carbocycles. The average molecular weight is 368 g/mol. The highest BCUT2D eigenvalue weighted by atomic mass is 35.5. The Hall–Kier alpha value is -1.96. The van der Waals surface area contributed by atoms with Gasteiger partial charge in [0, 0.05) is 15.5 Å². The fraction of sp³-hybridized carbons (Fsp3) is 0.133. The van der Waals surface area contributed by atoms with Crippen molar-refractivity contribution in [3.8, 4) is 0 Å². The molecule has 0 saturated heterocycles. The molecule has 2 rings (SSSR count). The molecular formula is C15H14ClN3O2S2. The third-order valence-corrected chi connectivity index (χ3v) is 4.77. The van der Waals surface area contributed by atoms with E-state index in [1.54, 1.807) is 24.3 Å². The average Bonchev–Trinajstić information content (AvgIpc) is 2.74. The van der Waals surface area contributed by atoms with Gasteiger partial charge in [0.1, 0.15) is 5.00 Å². The Labute approximate surface area is 147 Å². The number of hydrogen-bond acceptors (Lipinski definition) is 4. The van der Waals surface area contributed by atoms with Crippen LogP contribution < -0.4 is 16.4 Å². The lowest BCUT2D eigenvalue weighted by molar-refractivity contribution is 0.0975. The molecule has 0 radical (unpaired) electrons. The van der Waals surface area contributed by atoms with Crippen LogP contribution >= 0.6 is 35.2 Å². The van der Waals surface area contributed by atoms with Crippen LogP contribution in [0.1, 0.15) is 31.2 Å². The number of carbonyl (C=O) groups is 2. The standard InChI is InChI=1S/C15H14ClN3O2S2/c1-7-8(2)23-14(11(7)12(17)20)19-15(22)18-13(21)9-3-5-10(16)6-4-9/h3-6H,1-2H3,(H2,17,20)(H2,18,19,21,22). The number of primary amides is 1. The Kier molecular flexibility index (Phi) is 5.35. The molecular weight excluding hydrogens is 354 g/mol. The van der Waals surface area contributed by atoms with E-state index in [2.05, 4.69) is 10.6 Å². The van der Waals surface area contributed by atoms with Crippen molar-refractivity contribution in [1.82, 2.24) is 5.32 Å². The first kappa shape index (κ1) is 17.4. The Balaban J connectivity index is 2.11. The molecule has 0 aliphatic heterocycles. The van der Waals surface area contributed by atoms with Crippen molar-refractivity contribution in [2.24, 2.45) is 5.73 Å². The number of amides is 2. The van der Waals surface area contributed by atoms with Crippen LogP contribution in [0.15, 0.2) is 24.3 Å². The van der Waals surface area contributed by atoms with Crippen molar-refractivity contribution < 1.29 is 9.59 Å². The molecule has 2 amide bonds. The zero-order chi connectivity index (χ0) is 17.1. The molecule has 4 N–H and O–H groups in total. The van der Waals surface area contributed by atoms with Crippen LogP contribution in [0.5, 0.6) is 0 Å². The first-order valence-electron chi connectivity index (χ1n) is 6.57. The molecule has 0 saturated carbocycles. The summed E-state index contributed by atoms with van der Waals surface area (Å²) < 4.78 is 0. The second-order valence-electron chi connectivity index (χ2n) is 4.77. The number of thiocarbonyl (C=S) groups is 1. The minimum atomic E-state index is -0.541. The van der Waals surface area contributed by atoms with Gasteiger partial charge in [-0.25, -0.2) is 0 Å². The largest absolute Gasteiger partial charge is 0.365 e. The number of halogens is 1. The minimum absolute atomic E-state index is 0.0914. The maximum atomic E-state index is 12.1. The van der Waals surface area contributed by atoms with Gasteiger partial charge in [0.05, 0.1) is 5.56 Å². The van der Waals surface area contributed by atoms with E-state index >= 15 is 0 Å². The highest BCUT2D eigenvalue weighted by Crippen LogP contribution is 2.31. The smallest absolute Gasteiger partial charge is 0.257 e. The van der Waals surface area contributed by atoms with Gasteiger partial charge in [-0.1, -0.05) is 11.6 Å². The molecule has 0 atom stereocenters. The van der Waals surface area contributed by atoms with E-state index in [0.717, 1.165) is 10.4 Å². The molecule has 0 aliphatic rings. The lowest BCUT2D eigenvalue weighted by atomic mass is 10.1. The minimum Gasteiger partial charge on any atom is -0.365 e. The first-order chi connectivity index (χ1) is 10.8. The van der Waals surface area contributed by atoms with E-state index in [0.29, 0.717) is 21.2 Å². The fourth-order valence-corrected chi connectivity index (χ4v) is 3.38. The molecule has 0 aliphatic carbocycles. The molecule has 5 nitrogen and oxygen atoms in total. The third kappa shape index (κ3) is 4.07. The molecule has 8 heteroatoms. The molecule has 1 aromatic heterocycles. The lowest BCUT2D eigenvalue weighted by Crippen LogP contribution is -2.34. The van der Waals surface area contributed by atoms with E-state index < -0.39 is 5.91 Å². The molecule has 2 aromatic rings. The summed E-state index contributed by atoms with van der Waals surface area (Å²) in [4.78, 5) is 24.6. The SMILES string of the molecule is Cc1sc(NC(=S)NC(=O)c2ccc(Cl)cc2)c(C(N)=O)c1C. The molecule has 0 bridgehead atoms. The van der Waals surface area contributed by atoms with Gasteiger partial charge in [0.2, 0.25) is 0 Å². The van der Waals surface area contributed by atoms with Gasteiger partial charge in [-0.3, -0.25) is 14.9 Å². The topological polar surface area (TPSA) is 84.2 Å². The zero-order valence-corrected chi connectivity index (χ0v) is 14.8. The summed E-state index contributed by atoms with van der Waals surface area (Å²) in [7, 11) is 0. The van der Waals surface area contributed by atoms with Crippen LogP contribution in [0.2, 0.25) is 5.02 Å². The van der Waals surface area contributed by atoms with Crippen molar-refractivity contribution in [2.45, 2.75) is 13.8 Å². The number of nitrogens with two attached hydrogens (primary N) is 1. The zero-order valence-electron chi connectivity index (χ0n) is 12.4. The van der Waals surface area contributed by atoms with Gasteiger partial charge in [-0.2, -0.15) is 0 Å². The van der Waals surface area contributed by atoms with E-state index in [-0.39, 0.29) is 11.0 Å². The van der Waals surface area contributed by atoms with Crippen molar-refractivity contribution in [3.63, 3.8) is 0 Å². The number of anilines is 1. The lowest BCUT2D eigenvalue weighted by Gasteiger charge is -2.09. The highest BCUT2D eigenvalue weighted by Gasteiger charge is 2.18. The summed E-state index contributed by atoms with van der Waals surface area (Å²) in [6.45, 7) is 3.69. The van der Waals surface area contributed by atoms with Crippen molar-refractivity contribution >= 4 is 57.1 Å². The van der Waals surface area contributed by atoms with Crippen molar-refractivity contribution in [1.29, 1.82) is 0 Å². The fourth-order valence-electron chi connectivity index (χ4n) is 1.92. The van der Waals surface area contributed by atoms with Gasteiger partial charge in [-0.15, -0.1) is 11.3 Å². The predicted octanol–water partition coefficient (Wildman–Crippen LogP) is 3.24. The number of benzene rings is 1. The summed E-state index contributed by atoms with van der Waals surface area (Å²) in [5.74, 6) is -0.911. The first-order valence-corrected chi connectivity index (χ1v) is 8.17. The summed E-state index contributed by atoms with van der Waals surface area (Å²) in [5, 5.41) is 6.56. The molecule has 23 heavy (non-hydrogen) atoms. The summed E-state index contributed by atoms with van der Waals surface area (Å²) in [6, 6.07) is 6.41. The van der Waals surface area contributed by atoms with Crippen LogP contribution in [-0.4, -0.2) is 16.9 Å². The molecule has 0 unspecified atom stereocenters. The van der Waals surface area contributed by atoms with Crippen LogP contribution in [-0.2, 0) is 0 Å². The molecule has 0 spiro atoms. The number of rotatable bonds is 3. The van der Waals surface area contributed by atoms with E-state index in [9.17, 15) is 9.59 Å².